The first-order valence-electron chi connectivity index (χ1n) is 5.89. The number of hydrogen-bond acceptors (Lipinski definition) is 4. The van der Waals surface area contributed by atoms with E-state index in [9.17, 15) is 14.4 Å². The lowest BCUT2D eigenvalue weighted by Crippen LogP contribution is -2.45. The van der Waals surface area contributed by atoms with Gasteiger partial charge < -0.3 is 20.9 Å². The average Bonchev–Trinajstić information content (AvgIpc) is 2.36. The van der Waals surface area contributed by atoms with Crippen LogP contribution in [0.5, 0.6) is 5.75 Å². The maximum atomic E-state index is 11.6. The van der Waals surface area contributed by atoms with Crippen LogP contribution in [0.2, 0.25) is 0 Å². The van der Waals surface area contributed by atoms with E-state index in [0.29, 0.717) is 5.75 Å². The molecule has 7 nitrogen and oxygen atoms in total. The predicted octanol–water partition coefficient (Wildman–Crippen LogP) is -0.181. The number of rotatable bonds is 7. The second-order valence-corrected chi connectivity index (χ2v) is 4.18. The van der Waals surface area contributed by atoms with Crippen molar-refractivity contribution in [3.63, 3.8) is 0 Å². The number of primary amides is 1. The third-order valence-corrected chi connectivity index (χ3v) is 2.49. The molecule has 0 bridgehead atoms. The zero-order valence-corrected chi connectivity index (χ0v) is 11.0. The van der Waals surface area contributed by atoms with Gasteiger partial charge in [-0.1, -0.05) is 18.2 Å². The summed E-state index contributed by atoms with van der Waals surface area (Å²) >= 11 is 0. The standard InChI is InChI=1S/C13H16N2O5/c1-8-4-2-3-5-10(8)20-7-12(17)15-9(13(18)19)6-11(14)16/h2-5,9H,6-7H2,1H3,(H2,14,16)(H,15,17)(H,18,19)/t9-/m1/s1. The van der Waals surface area contributed by atoms with Crippen LogP contribution in [-0.4, -0.2) is 35.5 Å². The molecule has 2 amide bonds. The zero-order valence-electron chi connectivity index (χ0n) is 11.0. The molecule has 0 aliphatic heterocycles. The number of carboxylic acids is 1. The van der Waals surface area contributed by atoms with Crippen LogP contribution in [0.3, 0.4) is 0 Å². The molecule has 1 aromatic rings. The number of nitrogens with one attached hydrogen (secondary N) is 1. The molecule has 0 radical (unpaired) electrons. The number of para-hydroxylation sites is 1. The molecule has 0 aliphatic carbocycles. The van der Waals surface area contributed by atoms with Crippen LogP contribution in [-0.2, 0) is 14.4 Å². The van der Waals surface area contributed by atoms with Gasteiger partial charge in [-0.2, -0.15) is 0 Å². The van der Waals surface area contributed by atoms with Gasteiger partial charge in [0, 0.05) is 0 Å². The van der Waals surface area contributed by atoms with E-state index in [1.165, 1.54) is 0 Å². The van der Waals surface area contributed by atoms with Crippen LogP contribution >= 0.6 is 0 Å². The van der Waals surface area contributed by atoms with E-state index in [4.69, 9.17) is 15.6 Å². The van der Waals surface area contributed by atoms with Crippen LogP contribution < -0.4 is 15.8 Å². The van der Waals surface area contributed by atoms with Crippen molar-refractivity contribution in [3.8, 4) is 5.75 Å². The maximum Gasteiger partial charge on any atom is 0.326 e. The Morgan fingerprint density at radius 1 is 1.35 bits per heavy atom. The molecule has 0 saturated heterocycles. The third-order valence-electron chi connectivity index (χ3n) is 2.49. The van der Waals surface area contributed by atoms with Gasteiger partial charge in [-0.25, -0.2) is 4.79 Å². The minimum absolute atomic E-state index is 0.340. The van der Waals surface area contributed by atoms with Crippen molar-refractivity contribution in [2.24, 2.45) is 5.73 Å². The molecular formula is C13H16N2O5. The van der Waals surface area contributed by atoms with E-state index in [1.54, 1.807) is 12.1 Å². The summed E-state index contributed by atoms with van der Waals surface area (Å²) in [6, 6.07) is 5.75. The fourth-order valence-electron chi connectivity index (χ4n) is 1.50. The van der Waals surface area contributed by atoms with Gasteiger partial charge >= 0.3 is 5.97 Å². The fraction of sp³-hybridized carbons (Fsp3) is 0.308. The SMILES string of the molecule is Cc1ccccc1OCC(=O)N[C@H](CC(N)=O)C(=O)O. The highest BCUT2D eigenvalue weighted by Gasteiger charge is 2.22. The van der Waals surface area contributed by atoms with Crippen molar-refractivity contribution in [2.75, 3.05) is 6.61 Å². The molecule has 0 unspecified atom stereocenters. The molecule has 0 saturated carbocycles. The van der Waals surface area contributed by atoms with Gasteiger partial charge in [-0.05, 0) is 18.6 Å². The number of ether oxygens (including phenoxy) is 1. The molecule has 0 spiro atoms. The minimum Gasteiger partial charge on any atom is -0.484 e. The summed E-state index contributed by atoms with van der Waals surface area (Å²) in [6.45, 7) is 1.48. The van der Waals surface area contributed by atoms with Crippen molar-refractivity contribution in [3.05, 3.63) is 29.8 Å². The van der Waals surface area contributed by atoms with Gasteiger partial charge in [0.1, 0.15) is 11.8 Å². The summed E-state index contributed by atoms with van der Waals surface area (Å²) in [5.74, 6) is -2.24. The molecule has 108 valence electrons. The van der Waals surface area contributed by atoms with Crippen LogP contribution in [0.4, 0.5) is 0 Å². The molecule has 1 rings (SSSR count). The number of carbonyl (C=O) groups is 3. The highest BCUT2D eigenvalue weighted by atomic mass is 16.5. The lowest BCUT2D eigenvalue weighted by atomic mass is 10.2. The van der Waals surface area contributed by atoms with Crippen molar-refractivity contribution in [2.45, 2.75) is 19.4 Å². The molecule has 7 heteroatoms. The van der Waals surface area contributed by atoms with E-state index in [2.05, 4.69) is 5.32 Å². The van der Waals surface area contributed by atoms with E-state index in [1.807, 2.05) is 19.1 Å². The Morgan fingerprint density at radius 2 is 2.00 bits per heavy atom. The first-order chi connectivity index (χ1) is 9.40. The van der Waals surface area contributed by atoms with Gasteiger partial charge in [0.25, 0.3) is 5.91 Å². The van der Waals surface area contributed by atoms with Crippen LogP contribution in [0.15, 0.2) is 24.3 Å². The summed E-state index contributed by atoms with van der Waals surface area (Å²) in [4.78, 5) is 33.1. The maximum absolute atomic E-state index is 11.6. The lowest BCUT2D eigenvalue weighted by molar-refractivity contribution is -0.143. The zero-order chi connectivity index (χ0) is 15.1. The minimum atomic E-state index is -1.35. The Morgan fingerprint density at radius 3 is 2.55 bits per heavy atom. The smallest absolute Gasteiger partial charge is 0.326 e. The topological polar surface area (TPSA) is 119 Å². The molecule has 0 aromatic heterocycles. The molecule has 1 atom stereocenters. The Labute approximate surface area is 115 Å². The van der Waals surface area contributed by atoms with E-state index < -0.39 is 30.2 Å². The highest BCUT2D eigenvalue weighted by Crippen LogP contribution is 2.15. The summed E-state index contributed by atoms with van der Waals surface area (Å²) < 4.78 is 5.26. The monoisotopic (exact) mass is 280 g/mol. The Kier molecular flexibility index (Phi) is 5.52. The quantitative estimate of drug-likeness (QED) is 0.640. The van der Waals surface area contributed by atoms with Crippen molar-refractivity contribution in [1.82, 2.24) is 5.32 Å². The average molecular weight is 280 g/mol. The van der Waals surface area contributed by atoms with Gasteiger partial charge in [0.05, 0.1) is 6.42 Å². The van der Waals surface area contributed by atoms with Crippen molar-refractivity contribution in [1.29, 1.82) is 0 Å². The van der Waals surface area contributed by atoms with Gasteiger partial charge in [-0.3, -0.25) is 9.59 Å². The first kappa shape index (κ1) is 15.5. The van der Waals surface area contributed by atoms with Crippen molar-refractivity contribution < 1.29 is 24.2 Å². The summed E-state index contributed by atoms with van der Waals surface area (Å²) in [5, 5.41) is 11.0. The summed E-state index contributed by atoms with van der Waals surface area (Å²) in [5.41, 5.74) is 5.76. The molecule has 0 heterocycles. The molecular weight excluding hydrogens is 264 g/mol. The number of amides is 2. The third kappa shape index (κ3) is 4.97. The number of benzene rings is 1. The second-order valence-electron chi connectivity index (χ2n) is 4.18. The van der Waals surface area contributed by atoms with Crippen LogP contribution in [0.25, 0.3) is 0 Å². The summed E-state index contributed by atoms with van der Waals surface area (Å²) in [7, 11) is 0. The molecule has 0 fully saturated rings. The number of nitrogens with two attached hydrogens (primary N) is 1. The Balaban J connectivity index is 2.52. The van der Waals surface area contributed by atoms with Crippen LogP contribution in [0.1, 0.15) is 12.0 Å². The lowest BCUT2D eigenvalue weighted by Gasteiger charge is -2.13. The van der Waals surface area contributed by atoms with Crippen molar-refractivity contribution >= 4 is 17.8 Å². The first-order valence-corrected chi connectivity index (χ1v) is 5.89. The highest BCUT2D eigenvalue weighted by molar-refractivity contribution is 5.88. The summed E-state index contributed by atoms with van der Waals surface area (Å²) in [6.07, 6.45) is -0.467. The van der Waals surface area contributed by atoms with Gasteiger partial charge in [-0.15, -0.1) is 0 Å². The normalized spacial score (nSPS) is 11.4. The Bertz CT molecular complexity index is 515. The number of carbonyl (C=O) groups excluding carboxylic acids is 2. The molecule has 0 aliphatic rings. The van der Waals surface area contributed by atoms with E-state index in [0.717, 1.165) is 5.56 Å². The van der Waals surface area contributed by atoms with E-state index in [-0.39, 0.29) is 6.61 Å². The number of hydrogen-bond donors (Lipinski definition) is 3. The number of carboxylic acid groups (broad SMARTS) is 1. The van der Waals surface area contributed by atoms with Gasteiger partial charge in [0.2, 0.25) is 5.91 Å². The van der Waals surface area contributed by atoms with Gasteiger partial charge in [0.15, 0.2) is 6.61 Å². The number of aryl methyl sites for hydroxylation is 1. The molecule has 1 aromatic carbocycles. The second kappa shape index (κ2) is 7.13. The predicted molar refractivity (Wildman–Crippen MR) is 70.1 cm³/mol. The largest absolute Gasteiger partial charge is 0.484 e. The molecule has 4 N–H and O–H groups in total. The fourth-order valence-corrected chi connectivity index (χ4v) is 1.50. The molecule has 20 heavy (non-hydrogen) atoms. The van der Waals surface area contributed by atoms with E-state index >= 15 is 0 Å². The number of aliphatic carboxylic acids is 1. The van der Waals surface area contributed by atoms with Crippen LogP contribution in [0, 0.1) is 6.92 Å². The Hall–Kier alpha value is -2.57.